The van der Waals surface area contributed by atoms with Crippen molar-refractivity contribution in [2.45, 2.75) is 0 Å². The SMILES string of the molecule is c1cc(-c2cccc3ccccc23)cc(N(c2ccc(-c3ccccc3-n3c4ccccc4c4ccccc43)cc2)c2ccc(-c3cccc4c3oc3c5ccccc5ccc43)cc2)c1. The Morgan fingerprint density at radius 3 is 1.54 bits per heavy atom. The molecule has 65 heavy (non-hydrogen) atoms. The number of hydrogen-bond acceptors (Lipinski definition) is 2. The maximum absolute atomic E-state index is 6.76. The molecular weight excluding hydrogens is 789 g/mol. The fourth-order valence-corrected chi connectivity index (χ4v) is 10.2. The molecule has 0 aliphatic carbocycles. The third-order valence-electron chi connectivity index (χ3n) is 13.2. The first-order valence-electron chi connectivity index (χ1n) is 22.2. The fraction of sp³-hybridized carbons (Fsp3) is 0. The van der Waals surface area contributed by atoms with Crippen molar-refractivity contribution >= 4 is 82.4 Å². The Kier molecular flexibility index (Phi) is 8.53. The Bertz CT molecular complexity index is 3890. The first-order chi connectivity index (χ1) is 32.2. The molecule has 0 fully saturated rings. The second kappa shape index (κ2) is 15.0. The molecular formula is C62H40N2O. The van der Waals surface area contributed by atoms with Crippen LogP contribution in [0.4, 0.5) is 17.1 Å². The Morgan fingerprint density at radius 1 is 0.292 bits per heavy atom. The smallest absolute Gasteiger partial charge is 0.143 e. The van der Waals surface area contributed by atoms with Crippen LogP contribution < -0.4 is 4.90 Å². The zero-order valence-corrected chi connectivity index (χ0v) is 35.4. The number of fused-ring (bicyclic) bond motifs is 9. The lowest BCUT2D eigenvalue weighted by Crippen LogP contribution is -2.10. The number of anilines is 3. The number of benzene rings is 11. The molecule has 0 bridgehead atoms. The standard InChI is InChI=1S/C62H40N2O/c1-3-19-49-41(14-1)16-12-24-50(49)45-17-11-18-48(40-45)63(47-37-32-44(33-38-47)53-25-13-26-56-57-39-34-42-15-2-4-21-52(42)62(57)65-61(53)56)46-35-30-43(31-36-46)51-20-5-8-27-58(51)64-59-28-9-6-22-54(59)55-23-7-10-29-60(55)64/h1-40H. The highest BCUT2D eigenvalue weighted by molar-refractivity contribution is 6.17. The van der Waals surface area contributed by atoms with Gasteiger partial charge >= 0.3 is 0 Å². The molecule has 3 nitrogen and oxygen atoms in total. The van der Waals surface area contributed by atoms with Crippen molar-refractivity contribution in [3.63, 3.8) is 0 Å². The Balaban J connectivity index is 0.935. The van der Waals surface area contributed by atoms with Crippen molar-refractivity contribution in [1.82, 2.24) is 4.57 Å². The summed E-state index contributed by atoms with van der Waals surface area (Å²) >= 11 is 0. The maximum Gasteiger partial charge on any atom is 0.143 e. The summed E-state index contributed by atoms with van der Waals surface area (Å²) in [6.45, 7) is 0. The van der Waals surface area contributed by atoms with E-state index < -0.39 is 0 Å². The van der Waals surface area contributed by atoms with Crippen molar-refractivity contribution in [2.24, 2.45) is 0 Å². The van der Waals surface area contributed by atoms with Crippen molar-refractivity contribution in [3.05, 3.63) is 243 Å². The summed E-state index contributed by atoms with van der Waals surface area (Å²) in [6.07, 6.45) is 0. The van der Waals surface area contributed by atoms with Gasteiger partial charge in [0.25, 0.3) is 0 Å². The summed E-state index contributed by atoms with van der Waals surface area (Å²) in [5, 5.41) is 9.54. The molecule has 0 aliphatic heterocycles. The molecule has 0 aliphatic rings. The van der Waals surface area contributed by atoms with Crippen LogP contribution in [0.5, 0.6) is 0 Å². The van der Waals surface area contributed by atoms with Gasteiger partial charge in [-0.25, -0.2) is 0 Å². The number of rotatable bonds is 7. The van der Waals surface area contributed by atoms with Gasteiger partial charge in [0, 0.05) is 55.1 Å². The lowest BCUT2D eigenvalue weighted by atomic mass is 9.97. The average molecular weight is 829 g/mol. The van der Waals surface area contributed by atoms with E-state index in [2.05, 4.69) is 252 Å². The fourth-order valence-electron chi connectivity index (χ4n) is 10.2. The van der Waals surface area contributed by atoms with Crippen molar-refractivity contribution < 1.29 is 4.42 Å². The minimum absolute atomic E-state index is 0.906. The third kappa shape index (κ3) is 6.05. The second-order valence-electron chi connectivity index (χ2n) is 16.8. The van der Waals surface area contributed by atoms with E-state index in [4.69, 9.17) is 4.42 Å². The zero-order chi connectivity index (χ0) is 42.8. The largest absolute Gasteiger partial charge is 0.455 e. The molecule has 0 radical (unpaired) electrons. The second-order valence-corrected chi connectivity index (χ2v) is 16.8. The molecule has 0 amide bonds. The van der Waals surface area contributed by atoms with Crippen LogP contribution in [0.25, 0.3) is 104 Å². The monoisotopic (exact) mass is 828 g/mol. The number of nitrogens with zero attached hydrogens (tertiary/aromatic N) is 2. The summed E-state index contributed by atoms with van der Waals surface area (Å²) < 4.78 is 9.17. The molecule has 13 aromatic rings. The van der Waals surface area contributed by atoms with Gasteiger partial charge < -0.3 is 13.9 Å². The van der Waals surface area contributed by atoms with E-state index in [1.54, 1.807) is 0 Å². The van der Waals surface area contributed by atoms with Gasteiger partial charge in [-0.3, -0.25) is 0 Å². The predicted molar refractivity (Wildman–Crippen MR) is 274 cm³/mol. The van der Waals surface area contributed by atoms with Crippen LogP contribution in [0.15, 0.2) is 247 Å². The molecule has 0 spiro atoms. The first kappa shape index (κ1) is 36.9. The lowest BCUT2D eigenvalue weighted by molar-refractivity contribution is 0.674. The number of hydrogen-bond donors (Lipinski definition) is 0. The highest BCUT2D eigenvalue weighted by atomic mass is 16.3. The molecule has 304 valence electrons. The molecule has 13 rings (SSSR count). The van der Waals surface area contributed by atoms with Gasteiger partial charge in [0.05, 0.1) is 16.7 Å². The van der Waals surface area contributed by atoms with Gasteiger partial charge in [0.1, 0.15) is 11.2 Å². The number of para-hydroxylation sites is 4. The quantitative estimate of drug-likeness (QED) is 0.160. The summed E-state index contributed by atoms with van der Waals surface area (Å²) in [5.41, 5.74) is 15.5. The van der Waals surface area contributed by atoms with E-state index in [-0.39, 0.29) is 0 Å². The third-order valence-corrected chi connectivity index (χ3v) is 13.2. The molecule has 0 saturated heterocycles. The Morgan fingerprint density at radius 2 is 0.800 bits per heavy atom. The minimum Gasteiger partial charge on any atom is -0.455 e. The van der Waals surface area contributed by atoms with Crippen molar-refractivity contribution in [2.75, 3.05) is 4.90 Å². The van der Waals surface area contributed by atoms with E-state index >= 15 is 0 Å². The number of furan rings is 1. The lowest BCUT2D eigenvalue weighted by Gasteiger charge is -2.27. The van der Waals surface area contributed by atoms with Crippen LogP contribution in [0.1, 0.15) is 0 Å². The van der Waals surface area contributed by atoms with Crippen LogP contribution in [0.3, 0.4) is 0 Å². The Labute approximate surface area is 376 Å². The zero-order valence-electron chi connectivity index (χ0n) is 35.4. The predicted octanol–water partition coefficient (Wildman–Crippen LogP) is 17.5. The van der Waals surface area contributed by atoms with Gasteiger partial charge in [-0.15, -0.1) is 0 Å². The van der Waals surface area contributed by atoms with E-state index in [0.29, 0.717) is 0 Å². The molecule has 11 aromatic carbocycles. The molecule has 0 N–H and O–H groups in total. The van der Waals surface area contributed by atoms with Crippen LogP contribution >= 0.6 is 0 Å². The van der Waals surface area contributed by atoms with Crippen LogP contribution in [0.2, 0.25) is 0 Å². The molecule has 2 heterocycles. The van der Waals surface area contributed by atoms with Crippen LogP contribution in [-0.2, 0) is 0 Å². The van der Waals surface area contributed by atoms with E-state index in [0.717, 1.165) is 66.8 Å². The highest BCUT2D eigenvalue weighted by Gasteiger charge is 2.19. The van der Waals surface area contributed by atoms with Crippen LogP contribution in [-0.4, -0.2) is 4.57 Å². The normalized spacial score (nSPS) is 11.7. The average Bonchev–Trinajstić information content (AvgIpc) is 3.93. The molecule has 0 unspecified atom stereocenters. The first-order valence-corrected chi connectivity index (χ1v) is 22.2. The minimum atomic E-state index is 0.906. The summed E-state index contributed by atoms with van der Waals surface area (Å²) in [4.78, 5) is 2.37. The van der Waals surface area contributed by atoms with Gasteiger partial charge in [-0.2, -0.15) is 0 Å². The van der Waals surface area contributed by atoms with Crippen molar-refractivity contribution in [3.8, 4) is 39.1 Å². The maximum atomic E-state index is 6.76. The van der Waals surface area contributed by atoms with E-state index in [1.807, 2.05) is 0 Å². The van der Waals surface area contributed by atoms with Gasteiger partial charge in [-0.1, -0.05) is 182 Å². The molecule has 2 aromatic heterocycles. The van der Waals surface area contributed by atoms with Crippen molar-refractivity contribution in [1.29, 1.82) is 0 Å². The van der Waals surface area contributed by atoms with E-state index in [9.17, 15) is 0 Å². The highest BCUT2D eigenvalue weighted by Crippen LogP contribution is 2.43. The molecule has 0 atom stereocenters. The Hall–Kier alpha value is -8.66. The molecule has 3 heteroatoms. The van der Waals surface area contributed by atoms with Gasteiger partial charge in [0.15, 0.2) is 0 Å². The summed E-state index contributed by atoms with van der Waals surface area (Å²) in [6, 6.07) is 87.6. The van der Waals surface area contributed by atoms with Gasteiger partial charge in [-0.05, 0) is 99.1 Å². The topological polar surface area (TPSA) is 21.3 Å². The summed E-state index contributed by atoms with van der Waals surface area (Å²) in [7, 11) is 0. The van der Waals surface area contributed by atoms with Crippen LogP contribution in [0, 0.1) is 0 Å². The van der Waals surface area contributed by atoms with Gasteiger partial charge in [0.2, 0.25) is 0 Å². The van der Waals surface area contributed by atoms with E-state index in [1.165, 1.54) is 54.7 Å². The molecule has 0 saturated carbocycles. The summed E-state index contributed by atoms with van der Waals surface area (Å²) in [5.74, 6) is 0. The number of aromatic nitrogens is 1.